The highest BCUT2D eigenvalue weighted by Gasteiger charge is 2.15. The van der Waals surface area contributed by atoms with Gasteiger partial charge in [0.1, 0.15) is 0 Å². The Labute approximate surface area is 93.3 Å². The van der Waals surface area contributed by atoms with Gasteiger partial charge in [0.2, 0.25) is 5.91 Å². The van der Waals surface area contributed by atoms with Crippen LogP contribution in [0.25, 0.3) is 0 Å². The summed E-state index contributed by atoms with van der Waals surface area (Å²) in [6.07, 6.45) is 3.69. The van der Waals surface area contributed by atoms with E-state index < -0.39 is 0 Å². The smallest absolute Gasteiger partial charge is 0.237 e. The van der Waals surface area contributed by atoms with Crippen molar-refractivity contribution in [1.29, 1.82) is 0 Å². The predicted octanol–water partition coefficient (Wildman–Crippen LogP) is 1.84. The molecule has 0 rings (SSSR count). The van der Waals surface area contributed by atoms with Crippen LogP contribution in [-0.4, -0.2) is 24.0 Å². The number of nitrogens with one attached hydrogen (secondary N) is 2. The molecular formula is C12H24N2O. The summed E-state index contributed by atoms with van der Waals surface area (Å²) in [5.74, 6) is 0.0697. The van der Waals surface area contributed by atoms with Crippen molar-refractivity contribution in [3.63, 3.8) is 0 Å². The normalized spacial score (nSPS) is 16.5. The van der Waals surface area contributed by atoms with Crippen LogP contribution in [0.4, 0.5) is 0 Å². The molecule has 0 fully saturated rings. The Morgan fingerprint density at radius 1 is 1.33 bits per heavy atom. The summed E-state index contributed by atoms with van der Waals surface area (Å²) >= 11 is 0. The Bertz CT molecular complexity index is 204. The van der Waals surface area contributed by atoms with Gasteiger partial charge in [0, 0.05) is 12.1 Å². The molecule has 0 aromatic carbocycles. The number of carbonyl (C=O) groups is 1. The molecule has 0 aliphatic rings. The van der Waals surface area contributed by atoms with Crippen molar-refractivity contribution in [2.24, 2.45) is 0 Å². The van der Waals surface area contributed by atoms with Crippen LogP contribution < -0.4 is 10.6 Å². The van der Waals surface area contributed by atoms with Gasteiger partial charge in [0.25, 0.3) is 0 Å². The van der Waals surface area contributed by atoms with Crippen LogP contribution in [0.3, 0.4) is 0 Å². The first-order chi connectivity index (χ1) is 7.01. The summed E-state index contributed by atoms with van der Waals surface area (Å²) in [4.78, 5) is 11.7. The van der Waals surface area contributed by atoms with Gasteiger partial charge < -0.3 is 10.6 Å². The SMILES string of the molecule is C=CCC(C)NC(C)C(=O)NC(C)CC. The summed E-state index contributed by atoms with van der Waals surface area (Å²) < 4.78 is 0. The second-order valence-electron chi connectivity index (χ2n) is 4.13. The fourth-order valence-electron chi connectivity index (χ4n) is 1.29. The van der Waals surface area contributed by atoms with Crippen LogP contribution in [-0.2, 0) is 4.79 Å². The Morgan fingerprint density at radius 3 is 2.40 bits per heavy atom. The minimum absolute atomic E-state index is 0.0697. The Kier molecular flexibility index (Phi) is 7.05. The molecule has 0 radical (unpaired) electrons. The van der Waals surface area contributed by atoms with Crippen LogP contribution in [0.1, 0.15) is 40.5 Å². The summed E-state index contributed by atoms with van der Waals surface area (Å²) in [6.45, 7) is 11.7. The third-order valence-corrected chi connectivity index (χ3v) is 2.45. The van der Waals surface area contributed by atoms with Gasteiger partial charge in [-0.05, 0) is 33.6 Å². The van der Waals surface area contributed by atoms with Crippen LogP contribution in [0.2, 0.25) is 0 Å². The molecule has 0 aliphatic carbocycles. The van der Waals surface area contributed by atoms with Gasteiger partial charge in [0.15, 0.2) is 0 Å². The van der Waals surface area contributed by atoms with Gasteiger partial charge >= 0.3 is 0 Å². The lowest BCUT2D eigenvalue weighted by molar-refractivity contribution is -0.123. The molecule has 3 atom stereocenters. The second-order valence-corrected chi connectivity index (χ2v) is 4.13. The number of hydrogen-bond acceptors (Lipinski definition) is 2. The first kappa shape index (κ1) is 14.2. The molecular weight excluding hydrogens is 188 g/mol. The van der Waals surface area contributed by atoms with E-state index in [9.17, 15) is 4.79 Å². The third-order valence-electron chi connectivity index (χ3n) is 2.45. The van der Waals surface area contributed by atoms with E-state index in [1.54, 1.807) is 0 Å². The fraction of sp³-hybridized carbons (Fsp3) is 0.750. The predicted molar refractivity (Wildman–Crippen MR) is 64.8 cm³/mol. The summed E-state index contributed by atoms with van der Waals surface area (Å²) in [5.41, 5.74) is 0. The van der Waals surface area contributed by atoms with Crippen molar-refractivity contribution in [2.75, 3.05) is 0 Å². The zero-order valence-corrected chi connectivity index (χ0v) is 10.3. The lowest BCUT2D eigenvalue weighted by Gasteiger charge is -2.20. The van der Waals surface area contributed by atoms with Crippen molar-refractivity contribution in [3.05, 3.63) is 12.7 Å². The molecule has 0 aromatic rings. The first-order valence-electron chi connectivity index (χ1n) is 5.68. The van der Waals surface area contributed by atoms with E-state index in [0.717, 1.165) is 12.8 Å². The van der Waals surface area contributed by atoms with Gasteiger partial charge in [-0.1, -0.05) is 13.0 Å². The van der Waals surface area contributed by atoms with Gasteiger partial charge in [-0.15, -0.1) is 6.58 Å². The van der Waals surface area contributed by atoms with Gasteiger partial charge in [-0.25, -0.2) is 0 Å². The molecule has 3 heteroatoms. The van der Waals surface area contributed by atoms with E-state index in [0.29, 0.717) is 6.04 Å². The van der Waals surface area contributed by atoms with E-state index >= 15 is 0 Å². The van der Waals surface area contributed by atoms with E-state index in [1.165, 1.54) is 0 Å². The number of hydrogen-bond donors (Lipinski definition) is 2. The van der Waals surface area contributed by atoms with Crippen molar-refractivity contribution >= 4 is 5.91 Å². The maximum absolute atomic E-state index is 11.7. The zero-order chi connectivity index (χ0) is 11.8. The molecule has 0 spiro atoms. The highest BCUT2D eigenvalue weighted by Crippen LogP contribution is 1.95. The molecule has 0 aromatic heterocycles. The lowest BCUT2D eigenvalue weighted by atomic mass is 10.2. The molecule has 0 heterocycles. The van der Waals surface area contributed by atoms with Crippen molar-refractivity contribution < 1.29 is 4.79 Å². The molecule has 2 N–H and O–H groups in total. The van der Waals surface area contributed by atoms with Crippen LogP contribution in [0.5, 0.6) is 0 Å². The monoisotopic (exact) mass is 212 g/mol. The minimum Gasteiger partial charge on any atom is -0.352 e. The fourth-order valence-corrected chi connectivity index (χ4v) is 1.29. The average molecular weight is 212 g/mol. The Balaban J connectivity index is 3.92. The maximum Gasteiger partial charge on any atom is 0.237 e. The number of carbonyl (C=O) groups excluding carboxylic acids is 1. The standard InChI is InChI=1S/C12H24N2O/c1-6-8-10(4)13-11(5)12(15)14-9(3)7-2/h6,9-11,13H,1,7-8H2,2-5H3,(H,14,15). The zero-order valence-electron chi connectivity index (χ0n) is 10.3. The quantitative estimate of drug-likeness (QED) is 0.632. The Hall–Kier alpha value is -0.830. The lowest BCUT2D eigenvalue weighted by Crippen LogP contribution is -2.47. The molecule has 0 aliphatic heterocycles. The van der Waals surface area contributed by atoms with E-state index in [-0.39, 0.29) is 18.0 Å². The van der Waals surface area contributed by atoms with Gasteiger partial charge in [-0.2, -0.15) is 0 Å². The van der Waals surface area contributed by atoms with Gasteiger partial charge in [-0.3, -0.25) is 4.79 Å². The largest absolute Gasteiger partial charge is 0.352 e. The van der Waals surface area contributed by atoms with Crippen LogP contribution >= 0.6 is 0 Å². The van der Waals surface area contributed by atoms with Crippen molar-refractivity contribution in [3.8, 4) is 0 Å². The highest BCUT2D eigenvalue weighted by atomic mass is 16.2. The molecule has 0 bridgehead atoms. The third kappa shape index (κ3) is 6.28. The number of rotatable bonds is 7. The first-order valence-corrected chi connectivity index (χ1v) is 5.68. The maximum atomic E-state index is 11.7. The average Bonchev–Trinajstić information content (AvgIpc) is 2.17. The molecule has 3 nitrogen and oxygen atoms in total. The summed E-state index contributed by atoms with van der Waals surface area (Å²) in [7, 11) is 0. The van der Waals surface area contributed by atoms with E-state index in [1.807, 2.05) is 19.9 Å². The summed E-state index contributed by atoms with van der Waals surface area (Å²) in [6, 6.07) is 0.394. The summed E-state index contributed by atoms with van der Waals surface area (Å²) in [5, 5.41) is 6.18. The molecule has 0 saturated carbocycles. The molecule has 88 valence electrons. The second kappa shape index (κ2) is 7.46. The topological polar surface area (TPSA) is 41.1 Å². The molecule has 15 heavy (non-hydrogen) atoms. The molecule has 1 amide bonds. The molecule has 0 saturated heterocycles. The van der Waals surface area contributed by atoms with Crippen LogP contribution in [0.15, 0.2) is 12.7 Å². The Morgan fingerprint density at radius 2 is 1.93 bits per heavy atom. The van der Waals surface area contributed by atoms with E-state index in [2.05, 4.69) is 31.1 Å². The number of amides is 1. The van der Waals surface area contributed by atoms with Crippen molar-refractivity contribution in [2.45, 2.75) is 58.7 Å². The van der Waals surface area contributed by atoms with Gasteiger partial charge in [0.05, 0.1) is 6.04 Å². The van der Waals surface area contributed by atoms with E-state index in [4.69, 9.17) is 0 Å². The molecule has 3 unspecified atom stereocenters. The van der Waals surface area contributed by atoms with Crippen molar-refractivity contribution in [1.82, 2.24) is 10.6 Å². The van der Waals surface area contributed by atoms with Crippen LogP contribution in [0, 0.1) is 0 Å². The minimum atomic E-state index is -0.144. The highest BCUT2D eigenvalue weighted by molar-refractivity contribution is 5.81.